The third kappa shape index (κ3) is 15.2. The van der Waals surface area contributed by atoms with Crippen LogP contribution in [0.25, 0.3) is 0 Å². The van der Waals surface area contributed by atoms with Crippen LogP contribution < -0.4 is 0 Å². The van der Waals surface area contributed by atoms with Crippen molar-refractivity contribution in [3.8, 4) is 0 Å². The van der Waals surface area contributed by atoms with E-state index in [1.165, 1.54) is 38.5 Å². The molecule has 0 bridgehead atoms. The molecule has 1 radical (unpaired) electrons. The third-order valence-electron chi connectivity index (χ3n) is 2.64. The Morgan fingerprint density at radius 1 is 0.706 bits per heavy atom. The van der Waals surface area contributed by atoms with Gasteiger partial charge in [0.1, 0.15) is 0 Å². The Kier molecular flexibility index (Phi) is 14.5. The lowest BCUT2D eigenvalue weighted by atomic mass is 10.2. The molecule has 17 heavy (non-hydrogen) atoms. The zero-order chi connectivity index (χ0) is 12.6. The van der Waals surface area contributed by atoms with E-state index in [0.717, 1.165) is 19.3 Å². The molecule has 0 rings (SSSR count). The Bertz CT molecular complexity index is 208. The number of hydrogen-bond acceptors (Lipinski definition) is 0. The Balaban J connectivity index is 3.27. The van der Waals surface area contributed by atoms with Crippen LogP contribution in [-0.4, -0.2) is 0 Å². The summed E-state index contributed by atoms with van der Waals surface area (Å²) in [6.45, 7) is 6.07. The normalized spacial score (nSPS) is 12.4. The van der Waals surface area contributed by atoms with E-state index in [1.807, 2.05) is 0 Å². The van der Waals surface area contributed by atoms with Crippen LogP contribution in [0.1, 0.15) is 64.7 Å². The van der Waals surface area contributed by atoms with Crippen LogP contribution in [0.4, 0.5) is 0 Å². The van der Waals surface area contributed by atoms with Gasteiger partial charge in [-0.05, 0) is 38.5 Å². The largest absolute Gasteiger partial charge is 0.0882 e. The molecule has 0 fully saturated rings. The molecule has 0 aromatic rings. The molecule has 97 valence electrons. The molecule has 0 aliphatic carbocycles. The van der Waals surface area contributed by atoms with Gasteiger partial charge in [0.25, 0.3) is 0 Å². The molecule has 0 aliphatic heterocycles. The molecule has 0 aromatic carbocycles. The van der Waals surface area contributed by atoms with E-state index in [1.54, 1.807) is 0 Å². The maximum Gasteiger partial charge on any atom is -0.0169 e. The summed E-state index contributed by atoms with van der Waals surface area (Å²) >= 11 is 0. The average Bonchev–Trinajstić information content (AvgIpc) is 2.35. The van der Waals surface area contributed by atoms with E-state index in [2.05, 4.69) is 50.3 Å². The zero-order valence-corrected chi connectivity index (χ0v) is 11.5. The van der Waals surface area contributed by atoms with Gasteiger partial charge in [0, 0.05) is 0 Å². The summed E-state index contributed by atoms with van der Waals surface area (Å²) in [6.07, 6.45) is 24.4. The van der Waals surface area contributed by atoms with Crippen molar-refractivity contribution in [3.05, 3.63) is 43.4 Å². The molecule has 0 nitrogen and oxygen atoms in total. The highest BCUT2D eigenvalue weighted by atomic mass is 13.9. The maximum atomic E-state index is 3.82. The van der Waals surface area contributed by atoms with Crippen molar-refractivity contribution in [3.63, 3.8) is 0 Å². The zero-order valence-electron chi connectivity index (χ0n) is 11.5. The van der Waals surface area contributed by atoms with Crippen molar-refractivity contribution >= 4 is 0 Å². The summed E-state index contributed by atoms with van der Waals surface area (Å²) in [5.74, 6) is 0. The van der Waals surface area contributed by atoms with Crippen molar-refractivity contribution in [1.82, 2.24) is 0 Å². The predicted octanol–water partition coefficient (Wildman–Crippen LogP) is 6.02. The smallest absolute Gasteiger partial charge is 0.0169 e. The summed E-state index contributed by atoms with van der Waals surface area (Å²) in [6, 6.07) is 0. The topological polar surface area (TPSA) is 0 Å². The van der Waals surface area contributed by atoms with Gasteiger partial charge in [0.05, 0.1) is 0 Å². The van der Waals surface area contributed by atoms with Gasteiger partial charge in [-0.1, -0.05) is 69.6 Å². The lowest BCUT2D eigenvalue weighted by Gasteiger charge is -1.90. The summed E-state index contributed by atoms with van der Waals surface area (Å²) in [4.78, 5) is 0. The van der Waals surface area contributed by atoms with Crippen LogP contribution >= 0.6 is 0 Å². The van der Waals surface area contributed by atoms with Gasteiger partial charge in [-0.2, -0.15) is 0 Å². The van der Waals surface area contributed by atoms with Crippen molar-refractivity contribution in [2.75, 3.05) is 0 Å². The molecule has 0 aliphatic rings. The second-order valence-electron chi connectivity index (χ2n) is 4.38. The molecule has 0 heterocycles. The molecule has 0 atom stereocenters. The van der Waals surface area contributed by atoms with Crippen molar-refractivity contribution in [2.45, 2.75) is 64.7 Å². The molecule has 0 amide bonds. The quantitative estimate of drug-likeness (QED) is 0.302. The Hall–Kier alpha value is -0.780. The first-order valence-electron chi connectivity index (χ1n) is 7.16. The minimum Gasteiger partial charge on any atom is -0.0882 e. The first-order chi connectivity index (χ1) is 8.41. The van der Waals surface area contributed by atoms with Gasteiger partial charge in [-0.3, -0.25) is 0 Å². The second-order valence-corrected chi connectivity index (χ2v) is 4.38. The van der Waals surface area contributed by atoms with Gasteiger partial charge in [0.15, 0.2) is 0 Å². The van der Waals surface area contributed by atoms with Crippen LogP contribution in [-0.2, 0) is 0 Å². The Morgan fingerprint density at radius 3 is 1.76 bits per heavy atom. The highest BCUT2D eigenvalue weighted by Gasteiger charge is 1.80. The van der Waals surface area contributed by atoms with Crippen molar-refractivity contribution in [2.24, 2.45) is 0 Å². The monoisotopic (exact) mass is 233 g/mol. The molecule has 0 aromatic heterocycles. The van der Waals surface area contributed by atoms with Crippen LogP contribution in [0.15, 0.2) is 36.5 Å². The van der Waals surface area contributed by atoms with Gasteiger partial charge in [0.2, 0.25) is 0 Å². The maximum absolute atomic E-state index is 3.82. The fourth-order valence-electron chi connectivity index (χ4n) is 1.55. The van der Waals surface area contributed by atoms with Crippen LogP contribution in [0.5, 0.6) is 0 Å². The van der Waals surface area contributed by atoms with Crippen LogP contribution in [0.3, 0.4) is 0 Å². The second kappa shape index (κ2) is 15.2. The van der Waals surface area contributed by atoms with Gasteiger partial charge in [-0.25, -0.2) is 0 Å². The fourth-order valence-corrected chi connectivity index (χ4v) is 1.55. The summed E-state index contributed by atoms with van der Waals surface area (Å²) in [7, 11) is 0. The van der Waals surface area contributed by atoms with Crippen LogP contribution in [0.2, 0.25) is 0 Å². The summed E-state index contributed by atoms with van der Waals surface area (Å²) in [5, 5.41) is 0. The lowest BCUT2D eigenvalue weighted by Crippen LogP contribution is -1.70. The molecular weight excluding hydrogens is 204 g/mol. The van der Waals surface area contributed by atoms with E-state index in [0.29, 0.717) is 0 Å². The first kappa shape index (κ1) is 16.2. The number of hydrogen-bond donors (Lipinski definition) is 0. The number of rotatable bonds is 11. The number of allylic oxidation sites excluding steroid dienone is 6. The highest BCUT2D eigenvalue weighted by molar-refractivity contribution is 4.97. The van der Waals surface area contributed by atoms with E-state index in [9.17, 15) is 0 Å². The van der Waals surface area contributed by atoms with Crippen LogP contribution in [0, 0.1) is 6.92 Å². The highest BCUT2D eigenvalue weighted by Crippen LogP contribution is 2.01. The Morgan fingerprint density at radius 2 is 1.24 bits per heavy atom. The molecule has 0 saturated heterocycles. The SMILES string of the molecule is [CH2]CCC/C=C/C/C=C/C/C=C/CCCCC. The minimum absolute atomic E-state index is 1.04. The number of unbranched alkanes of at least 4 members (excludes halogenated alkanes) is 5. The Labute approximate surface area is 109 Å². The van der Waals surface area contributed by atoms with E-state index in [-0.39, 0.29) is 0 Å². The first-order valence-corrected chi connectivity index (χ1v) is 7.16. The van der Waals surface area contributed by atoms with E-state index < -0.39 is 0 Å². The third-order valence-corrected chi connectivity index (χ3v) is 2.64. The minimum atomic E-state index is 1.04. The fraction of sp³-hybridized carbons (Fsp3) is 0.588. The summed E-state index contributed by atoms with van der Waals surface area (Å²) < 4.78 is 0. The van der Waals surface area contributed by atoms with Gasteiger partial charge < -0.3 is 0 Å². The predicted molar refractivity (Wildman–Crippen MR) is 80.0 cm³/mol. The van der Waals surface area contributed by atoms with Crippen molar-refractivity contribution < 1.29 is 0 Å². The molecular formula is C17H29. The molecule has 0 saturated carbocycles. The lowest BCUT2D eigenvalue weighted by molar-refractivity contribution is 0.728. The van der Waals surface area contributed by atoms with Gasteiger partial charge >= 0.3 is 0 Å². The standard InChI is InChI=1S/C17H29/c1-3-5-7-9-11-13-15-17-16-14-12-10-8-6-4-2/h9,11-12,14-15,17H,1,3-8,10,13,16H2,2H3/b11-9+,14-12+,17-15+. The molecule has 0 N–H and O–H groups in total. The average molecular weight is 233 g/mol. The van der Waals surface area contributed by atoms with Crippen molar-refractivity contribution in [1.29, 1.82) is 0 Å². The van der Waals surface area contributed by atoms with E-state index >= 15 is 0 Å². The van der Waals surface area contributed by atoms with Gasteiger partial charge in [-0.15, -0.1) is 0 Å². The molecule has 0 unspecified atom stereocenters. The van der Waals surface area contributed by atoms with E-state index in [4.69, 9.17) is 0 Å². The molecule has 0 heteroatoms. The summed E-state index contributed by atoms with van der Waals surface area (Å²) in [5.41, 5.74) is 0. The molecule has 0 spiro atoms.